The Morgan fingerprint density at radius 1 is 1.03 bits per heavy atom. The highest BCUT2D eigenvalue weighted by molar-refractivity contribution is 6.30. The van der Waals surface area contributed by atoms with Crippen LogP contribution < -0.4 is 10.1 Å². The Bertz CT molecular complexity index is 1270. The van der Waals surface area contributed by atoms with E-state index in [0.717, 1.165) is 22.4 Å². The van der Waals surface area contributed by atoms with Crippen molar-refractivity contribution >= 4 is 23.2 Å². The summed E-state index contributed by atoms with van der Waals surface area (Å²) in [6.45, 7) is 4.00. The van der Waals surface area contributed by atoms with E-state index < -0.39 is 5.91 Å². The summed E-state index contributed by atoms with van der Waals surface area (Å²) in [7, 11) is 1.55. The summed E-state index contributed by atoms with van der Waals surface area (Å²) in [6.07, 6.45) is 0. The average Bonchev–Trinajstić information content (AvgIpc) is 3.21. The van der Waals surface area contributed by atoms with Crippen LogP contribution in [0.15, 0.2) is 66.7 Å². The van der Waals surface area contributed by atoms with E-state index in [4.69, 9.17) is 16.3 Å². The number of carbonyl (C=O) groups is 1. The third-order valence-electron chi connectivity index (χ3n) is 4.84. The number of rotatable bonds is 5. The molecule has 0 aliphatic carbocycles. The van der Waals surface area contributed by atoms with E-state index in [0.29, 0.717) is 22.3 Å². The molecule has 1 aromatic heterocycles. The number of methoxy groups -OCH3 is 1. The predicted octanol–water partition coefficient (Wildman–Crippen LogP) is 5.47. The molecule has 6 nitrogen and oxygen atoms in total. The first-order valence-electron chi connectivity index (χ1n) is 9.71. The molecule has 7 heteroatoms. The second-order valence-corrected chi connectivity index (χ2v) is 7.56. The summed E-state index contributed by atoms with van der Waals surface area (Å²) >= 11 is 6.21. The molecule has 0 spiro atoms. The van der Waals surface area contributed by atoms with E-state index in [1.54, 1.807) is 36.1 Å². The number of ether oxygens (including phenoxy) is 1. The predicted molar refractivity (Wildman–Crippen MR) is 122 cm³/mol. The number of halogens is 1. The summed E-state index contributed by atoms with van der Waals surface area (Å²) in [4.78, 5) is 17.6. The van der Waals surface area contributed by atoms with E-state index in [1.807, 2.05) is 56.3 Å². The molecule has 1 amide bonds. The lowest BCUT2D eigenvalue weighted by atomic mass is 10.1. The lowest BCUT2D eigenvalue weighted by Crippen LogP contribution is -2.15. The average molecular weight is 433 g/mol. The minimum absolute atomic E-state index is 0.0433. The Balaban J connectivity index is 1.81. The van der Waals surface area contributed by atoms with Crippen LogP contribution in [0.5, 0.6) is 5.75 Å². The molecule has 0 aliphatic heterocycles. The van der Waals surface area contributed by atoms with Crippen molar-refractivity contribution in [2.24, 2.45) is 0 Å². The number of aryl methyl sites for hydroxylation is 2. The summed E-state index contributed by atoms with van der Waals surface area (Å²) in [5.74, 6) is 0.694. The highest BCUT2D eigenvalue weighted by atomic mass is 35.5. The van der Waals surface area contributed by atoms with Gasteiger partial charge in [0.05, 0.1) is 18.5 Å². The van der Waals surface area contributed by atoms with Crippen molar-refractivity contribution in [3.8, 4) is 22.8 Å². The maximum atomic E-state index is 13.0. The number of aromatic nitrogens is 3. The van der Waals surface area contributed by atoms with Crippen LogP contribution in [0.2, 0.25) is 5.02 Å². The van der Waals surface area contributed by atoms with Gasteiger partial charge in [-0.2, -0.15) is 0 Å². The molecule has 0 saturated carbocycles. The zero-order valence-electron chi connectivity index (χ0n) is 17.4. The molecule has 1 N–H and O–H groups in total. The van der Waals surface area contributed by atoms with Gasteiger partial charge in [-0.05, 0) is 55.3 Å². The van der Waals surface area contributed by atoms with E-state index in [1.165, 1.54) is 0 Å². The minimum Gasteiger partial charge on any atom is -0.495 e. The van der Waals surface area contributed by atoms with Crippen molar-refractivity contribution in [1.82, 2.24) is 14.8 Å². The standard InChI is InChI=1S/C24H21ClN4O2/c1-15-11-12-16(2)20(13-15)29-23(17-7-6-8-18(25)14-17)27-22(28-29)24(30)26-19-9-4-5-10-21(19)31-3/h4-14H,1-3H3,(H,26,30). The molecule has 156 valence electrons. The molecule has 0 atom stereocenters. The lowest BCUT2D eigenvalue weighted by Gasteiger charge is -2.10. The third kappa shape index (κ3) is 4.29. The Hall–Kier alpha value is -3.64. The van der Waals surface area contributed by atoms with Gasteiger partial charge in [-0.15, -0.1) is 5.10 Å². The quantitative estimate of drug-likeness (QED) is 0.454. The molecular weight excluding hydrogens is 412 g/mol. The van der Waals surface area contributed by atoms with Crippen molar-refractivity contribution in [2.45, 2.75) is 13.8 Å². The largest absolute Gasteiger partial charge is 0.495 e. The van der Waals surface area contributed by atoms with E-state index >= 15 is 0 Å². The van der Waals surface area contributed by atoms with Crippen LogP contribution >= 0.6 is 11.6 Å². The zero-order valence-corrected chi connectivity index (χ0v) is 18.1. The van der Waals surface area contributed by atoms with Gasteiger partial charge >= 0.3 is 0 Å². The Labute approximate surface area is 185 Å². The second-order valence-electron chi connectivity index (χ2n) is 7.13. The van der Waals surface area contributed by atoms with Gasteiger partial charge in [0.1, 0.15) is 5.75 Å². The van der Waals surface area contributed by atoms with Gasteiger partial charge in [-0.3, -0.25) is 4.79 Å². The normalized spacial score (nSPS) is 10.7. The maximum absolute atomic E-state index is 13.0. The van der Waals surface area contributed by atoms with Gasteiger partial charge in [0, 0.05) is 10.6 Å². The molecule has 4 aromatic rings. The van der Waals surface area contributed by atoms with Gasteiger partial charge in [0.15, 0.2) is 5.82 Å². The summed E-state index contributed by atoms with van der Waals surface area (Å²) in [5.41, 5.74) is 4.24. The smallest absolute Gasteiger partial charge is 0.295 e. The monoisotopic (exact) mass is 432 g/mol. The second kappa shape index (κ2) is 8.62. The number of benzene rings is 3. The number of amides is 1. The molecule has 4 rings (SSSR count). The first-order valence-corrected chi connectivity index (χ1v) is 10.1. The number of anilines is 1. The number of para-hydroxylation sites is 2. The number of nitrogens with zero attached hydrogens (tertiary/aromatic N) is 3. The minimum atomic E-state index is -0.433. The SMILES string of the molecule is COc1ccccc1NC(=O)c1nc(-c2cccc(Cl)c2)n(-c2cc(C)ccc2C)n1. The summed E-state index contributed by atoms with van der Waals surface area (Å²) < 4.78 is 7.00. The highest BCUT2D eigenvalue weighted by Gasteiger charge is 2.21. The summed E-state index contributed by atoms with van der Waals surface area (Å²) in [6, 6.07) is 20.6. The van der Waals surface area contributed by atoms with Crippen LogP contribution in [-0.2, 0) is 0 Å². The molecule has 0 saturated heterocycles. The maximum Gasteiger partial charge on any atom is 0.295 e. The van der Waals surface area contributed by atoms with Crippen molar-refractivity contribution in [1.29, 1.82) is 0 Å². The molecule has 31 heavy (non-hydrogen) atoms. The van der Waals surface area contributed by atoms with Crippen molar-refractivity contribution in [2.75, 3.05) is 12.4 Å². The molecule has 0 bridgehead atoms. The molecule has 1 heterocycles. The Morgan fingerprint density at radius 2 is 1.84 bits per heavy atom. The van der Waals surface area contributed by atoms with Gasteiger partial charge < -0.3 is 10.1 Å². The molecule has 3 aromatic carbocycles. The Morgan fingerprint density at radius 3 is 2.61 bits per heavy atom. The van der Waals surface area contributed by atoms with Crippen LogP contribution in [0, 0.1) is 13.8 Å². The molecule has 0 fully saturated rings. The third-order valence-corrected chi connectivity index (χ3v) is 5.08. The van der Waals surface area contributed by atoms with Crippen LogP contribution in [0.25, 0.3) is 17.1 Å². The number of hydrogen-bond donors (Lipinski definition) is 1. The fraction of sp³-hybridized carbons (Fsp3) is 0.125. The summed E-state index contributed by atoms with van der Waals surface area (Å²) in [5, 5.41) is 7.96. The van der Waals surface area contributed by atoms with Crippen LogP contribution in [0.4, 0.5) is 5.69 Å². The lowest BCUT2D eigenvalue weighted by molar-refractivity contribution is 0.101. The molecule has 0 unspecified atom stereocenters. The van der Waals surface area contributed by atoms with Crippen molar-refractivity contribution < 1.29 is 9.53 Å². The van der Waals surface area contributed by atoms with Gasteiger partial charge in [-0.25, -0.2) is 9.67 Å². The van der Waals surface area contributed by atoms with Crippen LogP contribution in [0.1, 0.15) is 21.7 Å². The van der Waals surface area contributed by atoms with E-state index in [2.05, 4.69) is 15.4 Å². The fourth-order valence-corrected chi connectivity index (χ4v) is 3.45. The van der Waals surface area contributed by atoms with Crippen LogP contribution in [0.3, 0.4) is 0 Å². The first kappa shape index (κ1) is 20.6. The molecular formula is C24H21ClN4O2. The van der Waals surface area contributed by atoms with Crippen LogP contribution in [-0.4, -0.2) is 27.8 Å². The zero-order chi connectivity index (χ0) is 22.0. The fourth-order valence-electron chi connectivity index (χ4n) is 3.26. The van der Waals surface area contributed by atoms with E-state index in [-0.39, 0.29) is 5.82 Å². The molecule has 0 radical (unpaired) electrons. The highest BCUT2D eigenvalue weighted by Crippen LogP contribution is 2.27. The van der Waals surface area contributed by atoms with Gasteiger partial charge in [0.2, 0.25) is 5.82 Å². The number of nitrogens with one attached hydrogen (secondary N) is 1. The van der Waals surface area contributed by atoms with Gasteiger partial charge in [0.25, 0.3) is 5.91 Å². The van der Waals surface area contributed by atoms with E-state index in [9.17, 15) is 4.79 Å². The number of carbonyl (C=O) groups excluding carboxylic acids is 1. The Kier molecular flexibility index (Phi) is 5.73. The topological polar surface area (TPSA) is 69.0 Å². The van der Waals surface area contributed by atoms with Gasteiger partial charge in [-0.1, -0.05) is 48.0 Å². The molecule has 0 aliphatic rings. The van der Waals surface area contributed by atoms with Crippen molar-refractivity contribution in [3.63, 3.8) is 0 Å². The van der Waals surface area contributed by atoms with Crippen molar-refractivity contribution in [3.05, 3.63) is 88.7 Å². The number of hydrogen-bond acceptors (Lipinski definition) is 4. The first-order chi connectivity index (χ1) is 15.0.